The van der Waals surface area contributed by atoms with E-state index in [0.29, 0.717) is 17.8 Å². The zero-order chi connectivity index (χ0) is 18.5. The lowest BCUT2D eigenvalue weighted by atomic mass is 10.2. The van der Waals surface area contributed by atoms with Crippen LogP contribution < -0.4 is 9.62 Å². The van der Waals surface area contributed by atoms with Crippen LogP contribution in [0, 0.1) is 12.8 Å². The van der Waals surface area contributed by atoms with Gasteiger partial charge in [-0.15, -0.1) is 11.3 Å². The van der Waals surface area contributed by atoms with Crippen LogP contribution in [0.2, 0.25) is 0 Å². The number of nitrogens with zero attached hydrogens (tertiary/aromatic N) is 2. The molecule has 4 rings (SSSR count). The van der Waals surface area contributed by atoms with Crippen LogP contribution in [0.1, 0.15) is 38.8 Å². The maximum absolute atomic E-state index is 13.0. The number of benzene rings is 1. The number of nitrogens with one attached hydrogen (secondary N) is 1. The second-order valence-electron chi connectivity index (χ2n) is 6.87. The van der Waals surface area contributed by atoms with Crippen LogP contribution in [-0.4, -0.2) is 32.9 Å². The lowest BCUT2D eigenvalue weighted by Gasteiger charge is -2.17. The number of hydrogen-bond acceptors (Lipinski definition) is 5. The topological polar surface area (TPSA) is 79.4 Å². The van der Waals surface area contributed by atoms with Crippen LogP contribution in [0.15, 0.2) is 23.1 Å². The van der Waals surface area contributed by atoms with Gasteiger partial charge in [-0.05, 0) is 62.9 Å². The maximum atomic E-state index is 13.0. The SMILES string of the molecule is CNS(=O)(=O)c1ccc2c(c1)CCN2C(=O)c1sc(CC2CC2)nc1C. The minimum absolute atomic E-state index is 0.0370. The molecule has 1 saturated carbocycles. The molecule has 1 N–H and O–H groups in total. The van der Waals surface area contributed by atoms with Crippen molar-refractivity contribution < 1.29 is 13.2 Å². The maximum Gasteiger partial charge on any atom is 0.270 e. The minimum atomic E-state index is -3.48. The molecule has 0 unspecified atom stereocenters. The molecule has 0 bridgehead atoms. The Morgan fingerprint density at radius 2 is 2.15 bits per heavy atom. The number of aromatic nitrogens is 1. The predicted octanol–water partition coefficient (Wildman–Crippen LogP) is 2.52. The molecule has 1 aromatic carbocycles. The molecule has 8 heteroatoms. The standard InChI is InChI=1S/C18H21N3O3S2/c1-11-17(25-16(20-11)9-12-3-4-12)18(22)21-8-7-13-10-14(5-6-15(13)21)26(23,24)19-2/h5-6,10,12,19H,3-4,7-9H2,1-2H3. The highest BCUT2D eigenvalue weighted by atomic mass is 32.2. The molecule has 2 heterocycles. The van der Waals surface area contributed by atoms with Gasteiger partial charge in [-0.3, -0.25) is 4.79 Å². The lowest BCUT2D eigenvalue weighted by molar-refractivity contribution is 0.0992. The van der Waals surface area contributed by atoms with E-state index >= 15 is 0 Å². The van der Waals surface area contributed by atoms with E-state index < -0.39 is 10.0 Å². The zero-order valence-electron chi connectivity index (χ0n) is 14.8. The van der Waals surface area contributed by atoms with Crippen molar-refractivity contribution in [2.45, 2.75) is 37.5 Å². The summed E-state index contributed by atoms with van der Waals surface area (Å²) in [6, 6.07) is 4.94. The summed E-state index contributed by atoms with van der Waals surface area (Å²) < 4.78 is 26.3. The van der Waals surface area contributed by atoms with Crippen molar-refractivity contribution in [2.75, 3.05) is 18.5 Å². The van der Waals surface area contributed by atoms with Gasteiger partial charge >= 0.3 is 0 Å². The number of thiazole rings is 1. The molecule has 26 heavy (non-hydrogen) atoms. The number of anilines is 1. The molecular weight excluding hydrogens is 370 g/mol. The van der Waals surface area contributed by atoms with Crippen molar-refractivity contribution in [3.8, 4) is 0 Å². The van der Waals surface area contributed by atoms with Gasteiger partial charge in [0.2, 0.25) is 10.0 Å². The van der Waals surface area contributed by atoms with Gasteiger partial charge < -0.3 is 4.90 Å². The Morgan fingerprint density at radius 3 is 2.85 bits per heavy atom. The van der Waals surface area contributed by atoms with Gasteiger partial charge in [0.1, 0.15) is 4.88 Å². The largest absolute Gasteiger partial charge is 0.307 e. The monoisotopic (exact) mass is 391 g/mol. The van der Waals surface area contributed by atoms with Crippen LogP contribution in [0.3, 0.4) is 0 Å². The van der Waals surface area contributed by atoms with E-state index in [-0.39, 0.29) is 10.8 Å². The van der Waals surface area contributed by atoms with E-state index in [2.05, 4.69) is 9.71 Å². The van der Waals surface area contributed by atoms with Crippen molar-refractivity contribution in [3.05, 3.63) is 39.3 Å². The quantitative estimate of drug-likeness (QED) is 0.849. The average Bonchev–Trinajstić information content (AvgIpc) is 3.21. The van der Waals surface area contributed by atoms with E-state index in [1.165, 1.54) is 31.2 Å². The third-order valence-electron chi connectivity index (χ3n) is 4.97. The Balaban J connectivity index is 1.61. The summed E-state index contributed by atoms with van der Waals surface area (Å²) in [5.74, 6) is 0.702. The Bertz CT molecular complexity index is 978. The van der Waals surface area contributed by atoms with Crippen LogP contribution in [-0.2, 0) is 22.9 Å². The molecule has 2 aromatic rings. The second-order valence-corrected chi connectivity index (χ2v) is 9.84. The third kappa shape index (κ3) is 3.17. The van der Waals surface area contributed by atoms with Crippen molar-refractivity contribution in [1.29, 1.82) is 0 Å². The fourth-order valence-electron chi connectivity index (χ4n) is 3.30. The van der Waals surface area contributed by atoms with Crippen LogP contribution in [0.5, 0.6) is 0 Å². The van der Waals surface area contributed by atoms with Crippen molar-refractivity contribution in [3.63, 3.8) is 0 Å². The minimum Gasteiger partial charge on any atom is -0.307 e. The number of amides is 1. The molecule has 1 amide bonds. The first kappa shape index (κ1) is 17.6. The van der Waals surface area contributed by atoms with E-state index in [4.69, 9.17) is 0 Å². The molecule has 1 fully saturated rings. The predicted molar refractivity (Wildman–Crippen MR) is 101 cm³/mol. The van der Waals surface area contributed by atoms with Crippen molar-refractivity contribution in [1.82, 2.24) is 9.71 Å². The number of rotatable bonds is 5. The molecule has 1 aromatic heterocycles. The molecule has 6 nitrogen and oxygen atoms in total. The van der Waals surface area contributed by atoms with Crippen LogP contribution in [0.4, 0.5) is 5.69 Å². The van der Waals surface area contributed by atoms with Gasteiger partial charge in [-0.1, -0.05) is 0 Å². The number of fused-ring (bicyclic) bond motifs is 1. The highest BCUT2D eigenvalue weighted by Crippen LogP contribution is 2.36. The molecular formula is C18H21N3O3S2. The van der Waals surface area contributed by atoms with E-state index in [1.807, 2.05) is 6.92 Å². The molecule has 0 saturated heterocycles. The molecule has 1 aliphatic carbocycles. The first-order chi connectivity index (χ1) is 12.4. The third-order valence-corrected chi connectivity index (χ3v) is 7.55. The Morgan fingerprint density at radius 1 is 1.38 bits per heavy atom. The van der Waals surface area contributed by atoms with E-state index in [1.54, 1.807) is 23.1 Å². The summed E-state index contributed by atoms with van der Waals surface area (Å²) in [5, 5.41) is 1.04. The Hall–Kier alpha value is -1.77. The van der Waals surface area contributed by atoms with Crippen molar-refractivity contribution >= 4 is 33.0 Å². The normalized spacial score (nSPS) is 16.8. The van der Waals surface area contributed by atoms with E-state index in [9.17, 15) is 13.2 Å². The molecule has 138 valence electrons. The summed E-state index contributed by atoms with van der Waals surface area (Å²) in [4.78, 5) is 20.3. The van der Waals surface area contributed by atoms with Gasteiger partial charge in [0, 0.05) is 18.7 Å². The number of carbonyl (C=O) groups is 1. The lowest BCUT2D eigenvalue weighted by Crippen LogP contribution is -2.28. The summed E-state index contributed by atoms with van der Waals surface area (Å²) in [5.41, 5.74) is 2.47. The Kier molecular flexibility index (Phi) is 4.37. The fourth-order valence-corrected chi connectivity index (χ4v) is 5.21. The van der Waals surface area contributed by atoms with Crippen molar-refractivity contribution in [2.24, 2.45) is 5.92 Å². The van der Waals surface area contributed by atoms with Gasteiger partial charge in [-0.2, -0.15) is 0 Å². The highest BCUT2D eigenvalue weighted by Gasteiger charge is 2.30. The van der Waals surface area contributed by atoms with E-state index in [0.717, 1.165) is 34.3 Å². The first-order valence-electron chi connectivity index (χ1n) is 8.73. The smallest absolute Gasteiger partial charge is 0.270 e. The summed E-state index contributed by atoms with van der Waals surface area (Å²) in [6.45, 7) is 2.45. The molecule has 0 radical (unpaired) electrons. The highest BCUT2D eigenvalue weighted by molar-refractivity contribution is 7.89. The summed E-state index contributed by atoms with van der Waals surface area (Å²) in [7, 11) is -2.09. The van der Waals surface area contributed by atoms with Gasteiger partial charge in [0.15, 0.2) is 0 Å². The molecule has 1 aliphatic heterocycles. The zero-order valence-corrected chi connectivity index (χ0v) is 16.4. The average molecular weight is 392 g/mol. The van der Waals surface area contributed by atoms with Gasteiger partial charge in [0.05, 0.1) is 15.6 Å². The number of aryl methyl sites for hydroxylation is 1. The summed E-state index contributed by atoms with van der Waals surface area (Å²) in [6.07, 6.45) is 4.15. The van der Waals surface area contributed by atoms with Gasteiger partial charge in [0.25, 0.3) is 5.91 Å². The molecule has 0 atom stereocenters. The fraction of sp³-hybridized carbons (Fsp3) is 0.444. The molecule has 2 aliphatic rings. The number of carbonyl (C=O) groups excluding carboxylic acids is 1. The second kappa shape index (κ2) is 6.44. The number of sulfonamides is 1. The summed E-state index contributed by atoms with van der Waals surface area (Å²) >= 11 is 1.50. The first-order valence-corrected chi connectivity index (χ1v) is 11.0. The van der Waals surface area contributed by atoms with Gasteiger partial charge in [-0.25, -0.2) is 18.1 Å². The Labute approximate surface area is 157 Å². The van der Waals surface area contributed by atoms with Crippen LogP contribution >= 0.6 is 11.3 Å². The van der Waals surface area contributed by atoms with Crippen LogP contribution in [0.25, 0.3) is 0 Å². The molecule has 0 spiro atoms. The number of hydrogen-bond donors (Lipinski definition) is 1.